The number of nitrogens with zero attached hydrogens (tertiary/aromatic N) is 1. The molecule has 1 aliphatic rings. The Labute approximate surface area is 149 Å². The van der Waals surface area contributed by atoms with Crippen molar-refractivity contribution in [2.75, 3.05) is 13.2 Å². The van der Waals surface area contributed by atoms with Crippen LogP contribution in [0.2, 0.25) is 0 Å². The molecule has 2 heterocycles. The smallest absolute Gasteiger partial charge is 0.422 e. The highest BCUT2D eigenvalue weighted by atomic mass is 35.5. The van der Waals surface area contributed by atoms with Crippen LogP contribution < -0.4 is 15.4 Å². The Bertz CT molecular complexity index is 535. The second-order valence-electron chi connectivity index (χ2n) is 4.97. The molecule has 0 aliphatic carbocycles. The van der Waals surface area contributed by atoms with E-state index in [2.05, 4.69) is 20.4 Å². The van der Waals surface area contributed by atoms with E-state index >= 15 is 0 Å². The number of ether oxygens (including phenoxy) is 1. The number of carbonyl (C=O) groups is 1. The number of β-amino-alcohol motifs (C(OH)–C–C–N with tert-alkyl or cyclic N) is 1. The summed E-state index contributed by atoms with van der Waals surface area (Å²) >= 11 is 0. The quantitative estimate of drug-likeness (QED) is 0.702. The van der Waals surface area contributed by atoms with Crippen LogP contribution in [0.5, 0.6) is 5.88 Å². The zero-order chi connectivity index (χ0) is 16.2. The summed E-state index contributed by atoms with van der Waals surface area (Å²) in [5, 5.41) is 14.8. The van der Waals surface area contributed by atoms with Gasteiger partial charge in [0, 0.05) is 25.4 Å². The van der Waals surface area contributed by atoms with Crippen LogP contribution in [-0.2, 0) is 11.3 Å². The van der Waals surface area contributed by atoms with Crippen molar-refractivity contribution in [2.45, 2.75) is 31.3 Å². The fourth-order valence-electron chi connectivity index (χ4n) is 2.02. The van der Waals surface area contributed by atoms with E-state index in [1.165, 1.54) is 12.3 Å². The summed E-state index contributed by atoms with van der Waals surface area (Å²) in [6.45, 7) is -0.916. The first-order valence-corrected chi connectivity index (χ1v) is 6.67. The number of carbonyl (C=O) groups excluding carboxylic acids is 1. The van der Waals surface area contributed by atoms with Gasteiger partial charge in [-0.25, -0.2) is 4.98 Å². The molecule has 2 rings (SSSR count). The molecule has 1 fully saturated rings. The van der Waals surface area contributed by atoms with Gasteiger partial charge in [-0.05, 0) is 18.1 Å². The fraction of sp³-hybridized carbons (Fsp3) is 0.538. The number of aliphatic hydroxyl groups excluding tert-OH is 1. The molecule has 0 bridgehead atoms. The number of alkyl halides is 3. The molecule has 138 valence electrons. The van der Waals surface area contributed by atoms with Gasteiger partial charge >= 0.3 is 6.18 Å². The highest BCUT2D eigenvalue weighted by molar-refractivity contribution is 5.85. The molecule has 0 radical (unpaired) electrons. The van der Waals surface area contributed by atoms with Crippen LogP contribution in [0.25, 0.3) is 0 Å². The molecule has 1 amide bonds. The molecule has 1 aliphatic heterocycles. The van der Waals surface area contributed by atoms with E-state index < -0.39 is 24.9 Å². The van der Waals surface area contributed by atoms with Crippen molar-refractivity contribution in [3.05, 3.63) is 23.9 Å². The summed E-state index contributed by atoms with van der Waals surface area (Å²) < 4.78 is 40.7. The number of nitrogens with one attached hydrogen (secondary N) is 2. The van der Waals surface area contributed by atoms with Crippen molar-refractivity contribution in [3.8, 4) is 5.88 Å². The van der Waals surface area contributed by atoms with Crippen molar-refractivity contribution in [1.29, 1.82) is 0 Å². The van der Waals surface area contributed by atoms with Gasteiger partial charge < -0.3 is 20.5 Å². The van der Waals surface area contributed by atoms with E-state index in [-0.39, 0.29) is 43.1 Å². The highest BCUT2D eigenvalue weighted by Gasteiger charge is 2.29. The van der Waals surface area contributed by atoms with Crippen LogP contribution in [0.4, 0.5) is 13.2 Å². The number of hydrogen-bond acceptors (Lipinski definition) is 5. The molecule has 3 N–H and O–H groups in total. The van der Waals surface area contributed by atoms with Gasteiger partial charge in [-0.15, -0.1) is 24.8 Å². The largest absolute Gasteiger partial charge is 0.468 e. The van der Waals surface area contributed by atoms with Crippen LogP contribution in [-0.4, -0.2) is 47.5 Å². The zero-order valence-corrected chi connectivity index (χ0v) is 14.0. The van der Waals surface area contributed by atoms with Crippen LogP contribution in [0, 0.1) is 0 Å². The van der Waals surface area contributed by atoms with Gasteiger partial charge in [0.2, 0.25) is 11.8 Å². The lowest BCUT2D eigenvalue weighted by Crippen LogP contribution is -2.40. The summed E-state index contributed by atoms with van der Waals surface area (Å²) in [5.41, 5.74) is 0.569. The van der Waals surface area contributed by atoms with E-state index in [0.717, 1.165) is 0 Å². The van der Waals surface area contributed by atoms with Gasteiger partial charge in [-0.3, -0.25) is 4.79 Å². The highest BCUT2D eigenvalue weighted by Crippen LogP contribution is 2.17. The summed E-state index contributed by atoms with van der Waals surface area (Å²) in [6, 6.07) is 2.44. The van der Waals surface area contributed by atoms with E-state index in [9.17, 15) is 23.1 Å². The molecule has 1 aromatic rings. The normalized spacial score (nSPS) is 19.8. The number of pyridine rings is 1. The molecule has 2 atom stereocenters. The molecular formula is C13H18Cl2F3N3O3. The Morgan fingerprint density at radius 1 is 1.46 bits per heavy atom. The Kier molecular flexibility index (Phi) is 9.34. The fourth-order valence-corrected chi connectivity index (χ4v) is 2.02. The maximum Gasteiger partial charge on any atom is 0.422 e. The van der Waals surface area contributed by atoms with Crippen LogP contribution in [0.3, 0.4) is 0 Å². The maximum atomic E-state index is 12.1. The first-order chi connectivity index (χ1) is 10.3. The predicted molar refractivity (Wildman–Crippen MR) is 84.5 cm³/mol. The molecule has 0 spiro atoms. The SMILES string of the molecule is Cl.Cl.O=C(NCc1ccnc(OCC(F)(F)F)c1)C1CC(O)CN1. The number of rotatable bonds is 5. The lowest BCUT2D eigenvalue weighted by atomic mass is 10.2. The third kappa shape index (κ3) is 7.52. The molecule has 24 heavy (non-hydrogen) atoms. The number of amides is 1. The van der Waals surface area contributed by atoms with Gasteiger partial charge in [0.05, 0.1) is 12.1 Å². The van der Waals surface area contributed by atoms with Crippen LogP contribution >= 0.6 is 24.8 Å². The predicted octanol–water partition coefficient (Wildman–Crippen LogP) is 1.21. The van der Waals surface area contributed by atoms with Crippen LogP contribution in [0.15, 0.2) is 18.3 Å². The third-order valence-electron chi connectivity index (χ3n) is 3.07. The van der Waals surface area contributed by atoms with Crippen molar-refractivity contribution >= 4 is 30.7 Å². The Morgan fingerprint density at radius 2 is 2.17 bits per heavy atom. The second-order valence-corrected chi connectivity index (χ2v) is 4.97. The Morgan fingerprint density at radius 3 is 2.75 bits per heavy atom. The number of hydrogen-bond donors (Lipinski definition) is 3. The van der Waals surface area contributed by atoms with Gasteiger partial charge in [0.15, 0.2) is 6.61 Å². The van der Waals surface area contributed by atoms with Crippen LogP contribution in [0.1, 0.15) is 12.0 Å². The third-order valence-corrected chi connectivity index (χ3v) is 3.07. The number of aromatic nitrogens is 1. The van der Waals surface area contributed by atoms with Crippen molar-refractivity contribution in [2.24, 2.45) is 0 Å². The molecule has 11 heteroatoms. The zero-order valence-electron chi connectivity index (χ0n) is 12.4. The van der Waals surface area contributed by atoms with E-state index in [0.29, 0.717) is 18.5 Å². The molecule has 0 aromatic carbocycles. The Hall–Kier alpha value is -1.29. The van der Waals surface area contributed by atoms with E-state index in [1.807, 2.05) is 0 Å². The maximum absolute atomic E-state index is 12.1. The first kappa shape index (κ1) is 22.7. The van der Waals surface area contributed by atoms with Gasteiger partial charge in [0.1, 0.15) is 0 Å². The summed E-state index contributed by atoms with van der Waals surface area (Å²) in [5.74, 6) is -0.426. The molecule has 1 aromatic heterocycles. The number of halogens is 5. The Balaban J connectivity index is 0.00000264. The molecule has 0 saturated carbocycles. The minimum absolute atomic E-state index is 0. The van der Waals surface area contributed by atoms with Gasteiger partial charge in [-0.1, -0.05) is 0 Å². The minimum atomic E-state index is -4.43. The van der Waals surface area contributed by atoms with Crippen molar-refractivity contribution in [1.82, 2.24) is 15.6 Å². The monoisotopic (exact) mass is 391 g/mol. The van der Waals surface area contributed by atoms with Gasteiger partial charge in [0.25, 0.3) is 0 Å². The first-order valence-electron chi connectivity index (χ1n) is 6.67. The standard InChI is InChI=1S/C13H16F3N3O3.2ClH/c14-13(15,16)7-22-11-3-8(1-2-17-11)5-19-12(21)10-4-9(20)6-18-10;;/h1-3,9-10,18,20H,4-7H2,(H,19,21);2*1H. The summed E-state index contributed by atoms with van der Waals surface area (Å²) in [6.07, 6.45) is -3.33. The summed E-state index contributed by atoms with van der Waals surface area (Å²) in [4.78, 5) is 15.5. The van der Waals surface area contributed by atoms with Crippen molar-refractivity contribution in [3.63, 3.8) is 0 Å². The average molecular weight is 392 g/mol. The average Bonchev–Trinajstić information content (AvgIpc) is 2.89. The molecule has 1 saturated heterocycles. The molecular weight excluding hydrogens is 374 g/mol. The molecule has 6 nitrogen and oxygen atoms in total. The second kappa shape index (κ2) is 9.87. The molecule has 2 unspecified atom stereocenters. The minimum Gasteiger partial charge on any atom is -0.468 e. The van der Waals surface area contributed by atoms with E-state index in [4.69, 9.17) is 0 Å². The van der Waals surface area contributed by atoms with E-state index in [1.54, 1.807) is 6.07 Å². The number of aliphatic hydroxyl groups is 1. The van der Waals surface area contributed by atoms with Crippen molar-refractivity contribution < 1.29 is 27.8 Å². The lowest BCUT2D eigenvalue weighted by Gasteiger charge is -2.12. The summed E-state index contributed by atoms with van der Waals surface area (Å²) in [7, 11) is 0. The topological polar surface area (TPSA) is 83.5 Å². The van der Waals surface area contributed by atoms with Gasteiger partial charge in [-0.2, -0.15) is 13.2 Å². The lowest BCUT2D eigenvalue weighted by molar-refractivity contribution is -0.154.